The van der Waals surface area contributed by atoms with Gasteiger partial charge in [-0.1, -0.05) is 6.58 Å². The Morgan fingerprint density at radius 1 is 1.88 bits per heavy atom. The van der Waals surface area contributed by atoms with E-state index in [1.165, 1.54) is 0 Å². The van der Waals surface area contributed by atoms with E-state index in [2.05, 4.69) is 11.9 Å². The Balaban J connectivity index is 0. The maximum absolute atomic E-state index is 8.57. The van der Waals surface area contributed by atoms with E-state index in [9.17, 15) is 0 Å². The van der Waals surface area contributed by atoms with E-state index in [0.29, 0.717) is 6.54 Å². The highest BCUT2D eigenvalue weighted by Gasteiger charge is 1.87. The zero-order valence-corrected chi connectivity index (χ0v) is 5.22. The van der Waals surface area contributed by atoms with Crippen molar-refractivity contribution in [3.8, 4) is 0 Å². The second-order valence-electron chi connectivity index (χ2n) is 1.46. The molecular formula is C5H14N2O. The van der Waals surface area contributed by atoms with Crippen LogP contribution < -0.4 is 11.5 Å². The summed E-state index contributed by atoms with van der Waals surface area (Å²) in [6.45, 7) is 5.72. The molecule has 0 spiro atoms. The standard InChI is InChI=1S/C5H11NO.H3N/c1-3-6-4-5(2)7;/h3,5-7H,1,4H2,2H3;1H3. The summed E-state index contributed by atoms with van der Waals surface area (Å²) in [5.74, 6) is 0. The highest BCUT2D eigenvalue weighted by atomic mass is 16.3. The normalized spacial score (nSPS) is 11.2. The van der Waals surface area contributed by atoms with Gasteiger partial charge < -0.3 is 16.6 Å². The van der Waals surface area contributed by atoms with E-state index in [4.69, 9.17) is 5.11 Å². The molecule has 0 radical (unpaired) electrons. The second-order valence-corrected chi connectivity index (χ2v) is 1.46. The van der Waals surface area contributed by atoms with Crippen LogP contribution in [0.15, 0.2) is 12.8 Å². The molecule has 0 aliphatic carbocycles. The van der Waals surface area contributed by atoms with Crippen LogP contribution in [0.3, 0.4) is 0 Å². The summed E-state index contributed by atoms with van der Waals surface area (Å²) in [5, 5.41) is 11.3. The number of aliphatic hydroxyl groups is 1. The molecule has 50 valence electrons. The minimum Gasteiger partial charge on any atom is -0.392 e. The van der Waals surface area contributed by atoms with Gasteiger partial charge in [0, 0.05) is 6.54 Å². The van der Waals surface area contributed by atoms with Gasteiger partial charge in [-0.15, -0.1) is 0 Å². The van der Waals surface area contributed by atoms with Crippen LogP contribution in [0.1, 0.15) is 6.92 Å². The van der Waals surface area contributed by atoms with Gasteiger partial charge in [-0.3, -0.25) is 0 Å². The van der Waals surface area contributed by atoms with Crippen LogP contribution in [0.4, 0.5) is 0 Å². The number of rotatable bonds is 3. The molecule has 0 aliphatic heterocycles. The van der Waals surface area contributed by atoms with Crippen LogP contribution in [0.25, 0.3) is 0 Å². The fourth-order valence-electron chi connectivity index (χ4n) is 0.254. The third-order valence-electron chi connectivity index (χ3n) is 0.558. The fourth-order valence-corrected chi connectivity index (χ4v) is 0.254. The van der Waals surface area contributed by atoms with Gasteiger partial charge in [0.25, 0.3) is 0 Å². The van der Waals surface area contributed by atoms with Gasteiger partial charge in [-0.25, -0.2) is 0 Å². The van der Waals surface area contributed by atoms with E-state index in [-0.39, 0.29) is 12.3 Å². The number of aliphatic hydroxyl groups excluding tert-OH is 1. The maximum Gasteiger partial charge on any atom is 0.0684 e. The monoisotopic (exact) mass is 118 g/mol. The van der Waals surface area contributed by atoms with E-state index in [0.717, 1.165) is 0 Å². The van der Waals surface area contributed by atoms with Crippen molar-refractivity contribution in [1.29, 1.82) is 0 Å². The zero-order valence-electron chi connectivity index (χ0n) is 5.22. The highest BCUT2D eigenvalue weighted by Crippen LogP contribution is 1.71. The first-order valence-electron chi connectivity index (χ1n) is 2.29. The van der Waals surface area contributed by atoms with E-state index >= 15 is 0 Å². The molecule has 0 rings (SSSR count). The lowest BCUT2D eigenvalue weighted by Gasteiger charge is -2.00. The lowest BCUT2D eigenvalue weighted by atomic mass is 10.4. The molecule has 0 aromatic carbocycles. The molecule has 0 saturated carbocycles. The largest absolute Gasteiger partial charge is 0.392 e. The van der Waals surface area contributed by atoms with Crippen molar-refractivity contribution in [2.24, 2.45) is 0 Å². The van der Waals surface area contributed by atoms with Crippen LogP contribution >= 0.6 is 0 Å². The second kappa shape index (κ2) is 6.46. The maximum atomic E-state index is 8.57. The van der Waals surface area contributed by atoms with Crippen molar-refractivity contribution in [3.05, 3.63) is 12.8 Å². The summed E-state index contributed by atoms with van der Waals surface area (Å²) in [5.41, 5.74) is 0. The molecule has 5 N–H and O–H groups in total. The average Bonchev–Trinajstić information content (AvgIpc) is 1.61. The Bertz CT molecular complexity index is 54.4. The van der Waals surface area contributed by atoms with E-state index in [1.807, 2.05) is 0 Å². The van der Waals surface area contributed by atoms with Gasteiger partial charge in [0.1, 0.15) is 0 Å². The Hall–Kier alpha value is -0.540. The lowest BCUT2D eigenvalue weighted by molar-refractivity contribution is 0.196. The highest BCUT2D eigenvalue weighted by molar-refractivity contribution is 4.64. The molecule has 0 amide bonds. The third-order valence-corrected chi connectivity index (χ3v) is 0.558. The first-order chi connectivity index (χ1) is 3.27. The van der Waals surface area contributed by atoms with Crippen LogP contribution in [0.2, 0.25) is 0 Å². The first-order valence-corrected chi connectivity index (χ1v) is 2.29. The van der Waals surface area contributed by atoms with Gasteiger partial charge >= 0.3 is 0 Å². The molecule has 3 nitrogen and oxygen atoms in total. The van der Waals surface area contributed by atoms with Crippen molar-refractivity contribution >= 4 is 0 Å². The summed E-state index contributed by atoms with van der Waals surface area (Å²) >= 11 is 0. The van der Waals surface area contributed by atoms with Crippen LogP contribution in [0, 0.1) is 0 Å². The molecule has 8 heavy (non-hydrogen) atoms. The minimum atomic E-state index is -0.280. The van der Waals surface area contributed by atoms with Gasteiger partial charge in [-0.2, -0.15) is 0 Å². The van der Waals surface area contributed by atoms with E-state index in [1.54, 1.807) is 13.1 Å². The molecule has 0 aromatic heterocycles. The van der Waals surface area contributed by atoms with Crippen LogP contribution in [-0.4, -0.2) is 17.8 Å². The van der Waals surface area contributed by atoms with Crippen molar-refractivity contribution in [3.63, 3.8) is 0 Å². The predicted octanol–water partition coefficient (Wildman–Crippen LogP) is 0.262. The van der Waals surface area contributed by atoms with Crippen molar-refractivity contribution in [2.75, 3.05) is 6.54 Å². The minimum absolute atomic E-state index is 0. The molecule has 1 atom stereocenters. The summed E-state index contributed by atoms with van der Waals surface area (Å²) in [7, 11) is 0. The SMILES string of the molecule is C=CNCC(C)O.N. The first kappa shape index (κ1) is 10.4. The topological polar surface area (TPSA) is 67.3 Å². The molecule has 1 unspecified atom stereocenters. The summed E-state index contributed by atoms with van der Waals surface area (Å²) in [4.78, 5) is 0. The third kappa shape index (κ3) is 9.07. The fraction of sp³-hybridized carbons (Fsp3) is 0.600. The Labute approximate surface area is 50.0 Å². The molecule has 0 aliphatic rings. The van der Waals surface area contributed by atoms with Crippen molar-refractivity contribution in [2.45, 2.75) is 13.0 Å². The summed E-state index contributed by atoms with van der Waals surface area (Å²) in [6, 6.07) is 0. The number of hydrogen-bond acceptors (Lipinski definition) is 3. The van der Waals surface area contributed by atoms with Gasteiger partial charge in [0.05, 0.1) is 6.10 Å². The van der Waals surface area contributed by atoms with E-state index < -0.39 is 0 Å². The van der Waals surface area contributed by atoms with Gasteiger partial charge in [-0.05, 0) is 13.1 Å². The van der Waals surface area contributed by atoms with Crippen molar-refractivity contribution < 1.29 is 5.11 Å². The van der Waals surface area contributed by atoms with Crippen molar-refractivity contribution in [1.82, 2.24) is 11.5 Å². The number of hydrogen-bond donors (Lipinski definition) is 3. The Morgan fingerprint density at radius 3 is 2.50 bits per heavy atom. The smallest absolute Gasteiger partial charge is 0.0684 e. The summed E-state index contributed by atoms with van der Waals surface area (Å²) < 4.78 is 0. The summed E-state index contributed by atoms with van der Waals surface area (Å²) in [6.07, 6.45) is 1.28. The van der Waals surface area contributed by atoms with Gasteiger partial charge in [0.2, 0.25) is 0 Å². The quantitative estimate of drug-likeness (QED) is 0.498. The molecule has 0 fully saturated rings. The zero-order chi connectivity index (χ0) is 5.70. The van der Waals surface area contributed by atoms with Gasteiger partial charge in [0.15, 0.2) is 0 Å². The Morgan fingerprint density at radius 2 is 2.38 bits per heavy atom. The molecule has 0 heterocycles. The predicted molar refractivity (Wildman–Crippen MR) is 34.9 cm³/mol. The number of nitrogens with one attached hydrogen (secondary N) is 1. The molecule has 3 heteroatoms. The lowest BCUT2D eigenvalue weighted by Crippen LogP contribution is -2.18. The average molecular weight is 118 g/mol. The molecule has 0 saturated heterocycles. The van der Waals surface area contributed by atoms with Crippen LogP contribution in [-0.2, 0) is 0 Å². The molecule has 0 aromatic rings. The van der Waals surface area contributed by atoms with Crippen LogP contribution in [0.5, 0.6) is 0 Å². The molecule has 0 bridgehead atoms. The molecular weight excluding hydrogens is 104 g/mol. The Kier molecular flexibility index (Phi) is 8.43.